The summed E-state index contributed by atoms with van der Waals surface area (Å²) in [6.45, 7) is 2.67. The van der Waals surface area contributed by atoms with Gasteiger partial charge in [-0.3, -0.25) is 0 Å². The lowest BCUT2D eigenvalue weighted by Crippen LogP contribution is -2.39. The number of nitrogens with zero attached hydrogens (tertiary/aromatic N) is 3. The molecule has 4 rings (SSSR count). The van der Waals surface area contributed by atoms with E-state index < -0.39 is 15.8 Å². The Morgan fingerprint density at radius 2 is 1.82 bits per heavy atom. The van der Waals surface area contributed by atoms with Crippen LogP contribution in [0.25, 0.3) is 11.4 Å². The summed E-state index contributed by atoms with van der Waals surface area (Å²) >= 11 is 0. The second-order valence-electron chi connectivity index (χ2n) is 6.98. The molecule has 1 aliphatic heterocycles. The van der Waals surface area contributed by atoms with Crippen molar-refractivity contribution in [2.45, 2.75) is 30.6 Å². The van der Waals surface area contributed by atoms with Gasteiger partial charge in [0.15, 0.2) is 0 Å². The first-order valence-corrected chi connectivity index (χ1v) is 10.5. The zero-order valence-corrected chi connectivity index (χ0v) is 16.2. The van der Waals surface area contributed by atoms with Crippen LogP contribution in [-0.4, -0.2) is 36.0 Å². The molecule has 146 valence electrons. The molecule has 0 N–H and O–H groups in total. The lowest BCUT2D eigenvalue weighted by Gasteiger charge is -2.30. The van der Waals surface area contributed by atoms with Crippen molar-refractivity contribution in [3.05, 3.63) is 65.8 Å². The molecule has 0 saturated carbocycles. The highest BCUT2D eigenvalue weighted by molar-refractivity contribution is 7.89. The van der Waals surface area contributed by atoms with Crippen LogP contribution in [0.2, 0.25) is 0 Å². The van der Waals surface area contributed by atoms with Crippen LogP contribution < -0.4 is 0 Å². The average molecular weight is 401 g/mol. The lowest BCUT2D eigenvalue weighted by molar-refractivity contribution is 0.265. The lowest BCUT2D eigenvalue weighted by atomic mass is 10.00. The summed E-state index contributed by atoms with van der Waals surface area (Å²) < 4.78 is 45.7. The number of aromatic nitrogens is 2. The third kappa shape index (κ3) is 3.70. The number of piperidine rings is 1. The summed E-state index contributed by atoms with van der Waals surface area (Å²) in [4.78, 5) is 4.57. The summed E-state index contributed by atoms with van der Waals surface area (Å²) in [5.74, 6) is 0.295. The zero-order chi connectivity index (χ0) is 19.7. The van der Waals surface area contributed by atoms with Crippen LogP contribution in [0, 0.1) is 12.7 Å². The fourth-order valence-corrected chi connectivity index (χ4v) is 4.86. The molecule has 1 fully saturated rings. The predicted octanol–water partition coefficient (Wildman–Crippen LogP) is 3.75. The zero-order valence-electron chi connectivity index (χ0n) is 15.4. The van der Waals surface area contributed by atoms with Gasteiger partial charge in [-0.1, -0.05) is 35.0 Å². The van der Waals surface area contributed by atoms with E-state index in [4.69, 9.17) is 4.52 Å². The number of sulfonamides is 1. The van der Waals surface area contributed by atoms with Gasteiger partial charge >= 0.3 is 0 Å². The van der Waals surface area contributed by atoms with E-state index >= 15 is 0 Å². The van der Waals surface area contributed by atoms with Gasteiger partial charge in [0, 0.05) is 18.7 Å². The van der Waals surface area contributed by atoms with Crippen LogP contribution in [0.5, 0.6) is 0 Å². The van der Waals surface area contributed by atoms with Gasteiger partial charge in [-0.05, 0) is 44.0 Å². The Balaban J connectivity index is 1.54. The van der Waals surface area contributed by atoms with Crippen molar-refractivity contribution in [1.82, 2.24) is 14.4 Å². The second kappa shape index (κ2) is 7.44. The highest BCUT2D eigenvalue weighted by Gasteiger charge is 2.33. The molecule has 1 unspecified atom stereocenters. The Morgan fingerprint density at radius 1 is 1.11 bits per heavy atom. The number of hydrogen-bond donors (Lipinski definition) is 0. The monoisotopic (exact) mass is 401 g/mol. The molecule has 1 aliphatic rings. The fraction of sp³-hybridized carbons (Fsp3) is 0.300. The minimum Gasteiger partial charge on any atom is -0.339 e. The Morgan fingerprint density at radius 3 is 2.54 bits per heavy atom. The molecule has 2 heterocycles. The molecular weight excluding hydrogens is 381 g/mol. The molecule has 0 amide bonds. The maximum Gasteiger partial charge on any atom is 0.243 e. The van der Waals surface area contributed by atoms with E-state index in [9.17, 15) is 12.8 Å². The minimum atomic E-state index is -3.69. The molecule has 6 nitrogen and oxygen atoms in total. The van der Waals surface area contributed by atoms with Crippen molar-refractivity contribution in [2.24, 2.45) is 0 Å². The summed E-state index contributed by atoms with van der Waals surface area (Å²) in [7, 11) is -3.69. The van der Waals surface area contributed by atoms with Crippen molar-refractivity contribution in [3.8, 4) is 11.4 Å². The standard InChI is InChI=1S/C20H20FN3O3S/c1-14-4-6-15(7-5-14)19-22-20(27-23-19)16-3-2-12-24(13-16)28(25,26)18-10-8-17(21)9-11-18/h4-11,16H,2-3,12-13H2,1H3. The molecular formula is C20H20FN3O3S. The fourth-order valence-electron chi connectivity index (χ4n) is 3.34. The second-order valence-corrected chi connectivity index (χ2v) is 8.92. The van der Waals surface area contributed by atoms with Crippen molar-refractivity contribution >= 4 is 10.0 Å². The van der Waals surface area contributed by atoms with Crippen molar-refractivity contribution in [3.63, 3.8) is 0 Å². The molecule has 28 heavy (non-hydrogen) atoms. The SMILES string of the molecule is Cc1ccc(-c2noc(C3CCCN(S(=O)(=O)c4ccc(F)cc4)C3)n2)cc1. The molecule has 0 aliphatic carbocycles. The van der Waals surface area contributed by atoms with E-state index in [0.717, 1.165) is 29.7 Å². The molecule has 1 atom stereocenters. The van der Waals surface area contributed by atoms with Gasteiger partial charge < -0.3 is 4.52 Å². The van der Waals surface area contributed by atoms with Crippen LogP contribution in [0.1, 0.15) is 30.2 Å². The van der Waals surface area contributed by atoms with Crippen molar-refractivity contribution < 1.29 is 17.3 Å². The van der Waals surface area contributed by atoms with E-state index in [2.05, 4.69) is 10.1 Å². The summed E-state index contributed by atoms with van der Waals surface area (Å²) in [6, 6.07) is 12.7. The number of aryl methyl sites for hydroxylation is 1. The van der Waals surface area contributed by atoms with Crippen LogP contribution in [-0.2, 0) is 10.0 Å². The van der Waals surface area contributed by atoms with Crippen LogP contribution >= 0.6 is 0 Å². The minimum absolute atomic E-state index is 0.0837. The third-order valence-electron chi connectivity index (χ3n) is 4.94. The molecule has 3 aromatic rings. The highest BCUT2D eigenvalue weighted by Crippen LogP contribution is 2.30. The van der Waals surface area contributed by atoms with Gasteiger partial charge in [0.25, 0.3) is 0 Å². The van der Waals surface area contributed by atoms with Gasteiger partial charge in [0.1, 0.15) is 5.82 Å². The van der Waals surface area contributed by atoms with E-state index in [1.165, 1.54) is 16.4 Å². The smallest absolute Gasteiger partial charge is 0.243 e. The van der Waals surface area contributed by atoms with Gasteiger partial charge in [0.05, 0.1) is 10.8 Å². The topological polar surface area (TPSA) is 76.3 Å². The van der Waals surface area contributed by atoms with Crippen LogP contribution in [0.3, 0.4) is 0 Å². The van der Waals surface area contributed by atoms with Crippen molar-refractivity contribution in [1.29, 1.82) is 0 Å². The molecule has 1 saturated heterocycles. The Kier molecular flexibility index (Phi) is 4.99. The Bertz CT molecular complexity index is 1060. The molecule has 8 heteroatoms. The first-order chi connectivity index (χ1) is 13.4. The number of hydrogen-bond acceptors (Lipinski definition) is 5. The van der Waals surface area contributed by atoms with Gasteiger partial charge in [-0.2, -0.15) is 9.29 Å². The molecule has 0 bridgehead atoms. The first kappa shape index (κ1) is 18.8. The van der Waals surface area contributed by atoms with Gasteiger partial charge in [0.2, 0.25) is 21.7 Å². The van der Waals surface area contributed by atoms with Gasteiger partial charge in [-0.25, -0.2) is 12.8 Å². The molecule has 2 aromatic carbocycles. The normalized spacial score (nSPS) is 18.3. The van der Waals surface area contributed by atoms with Gasteiger partial charge in [-0.15, -0.1) is 0 Å². The maximum absolute atomic E-state index is 13.1. The number of halogens is 1. The first-order valence-electron chi connectivity index (χ1n) is 9.10. The van der Waals surface area contributed by atoms with Crippen LogP contribution in [0.15, 0.2) is 57.9 Å². The molecule has 0 radical (unpaired) electrons. The van der Waals surface area contributed by atoms with E-state index in [1.807, 2.05) is 31.2 Å². The number of rotatable bonds is 4. The van der Waals surface area contributed by atoms with Crippen molar-refractivity contribution in [2.75, 3.05) is 13.1 Å². The van der Waals surface area contributed by atoms with E-state index in [0.29, 0.717) is 24.7 Å². The average Bonchev–Trinajstić information content (AvgIpc) is 3.19. The molecule has 1 aromatic heterocycles. The quantitative estimate of drug-likeness (QED) is 0.665. The van der Waals surface area contributed by atoms with Crippen LogP contribution in [0.4, 0.5) is 4.39 Å². The summed E-state index contributed by atoms with van der Waals surface area (Å²) in [6.07, 6.45) is 1.46. The third-order valence-corrected chi connectivity index (χ3v) is 6.82. The Hall–Kier alpha value is -2.58. The van der Waals surface area contributed by atoms with E-state index in [1.54, 1.807) is 0 Å². The predicted molar refractivity (Wildman–Crippen MR) is 102 cm³/mol. The summed E-state index contributed by atoms with van der Waals surface area (Å²) in [5, 5.41) is 4.05. The Labute approximate surface area is 163 Å². The summed E-state index contributed by atoms with van der Waals surface area (Å²) in [5.41, 5.74) is 1.99. The molecule has 0 spiro atoms. The highest BCUT2D eigenvalue weighted by atomic mass is 32.2. The maximum atomic E-state index is 13.1. The number of benzene rings is 2. The largest absolute Gasteiger partial charge is 0.339 e. The van der Waals surface area contributed by atoms with E-state index in [-0.39, 0.29) is 17.4 Å².